The maximum atomic E-state index is 13.8. The van der Waals surface area contributed by atoms with E-state index in [-0.39, 0.29) is 32.8 Å². The number of thiazole rings is 1. The largest absolute Gasteiger partial charge is 0.504 e. The molecule has 0 aromatic carbocycles. The van der Waals surface area contributed by atoms with E-state index in [9.17, 15) is 42.0 Å². The highest BCUT2D eigenvalue weighted by Gasteiger charge is 2.54. The van der Waals surface area contributed by atoms with E-state index < -0.39 is 93.0 Å². The summed E-state index contributed by atoms with van der Waals surface area (Å²) in [4.78, 5) is 77.6. The second-order valence-electron chi connectivity index (χ2n) is 14.0. The molecule has 1 aromatic heterocycles. The number of nitrogens with zero attached hydrogens (tertiary/aromatic N) is 5. The number of carbonyl (C=O) groups is 5. The number of aliphatic imine (C=N–C) groups is 1. The predicted molar refractivity (Wildman–Crippen MR) is 188 cm³/mol. The first-order chi connectivity index (χ1) is 23.8. The van der Waals surface area contributed by atoms with Crippen molar-refractivity contribution < 1.29 is 56.4 Å². The first-order valence-corrected chi connectivity index (χ1v) is 17.8. The fourth-order valence-corrected chi connectivity index (χ4v) is 6.07. The Morgan fingerprint density at radius 2 is 1.75 bits per heavy atom. The number of ether oxygens (including phenoxy) is 2. The van der Waals surface area contributed by atoms with E-state index in [1.54, 1.807) is 41.5 Å². The van der Waals surface area contributed by atoms with Crippen molar-refractivity contribution in [2.75, 3.05) is 11.9 Å². The Morgan fingerprint density at radius 3 is 2.31 bits per heavy atom. The number of hydrogen-bond donors (Lipinski definition) is 4. The minimum atomic E-state index is -5.09. The molecule has 1 fully saturated rings. The molecule has 0 radical (unpaired) electrons. The van der Waals surface area contributed by atoms with Gasteiger partial charge in [-0.25, -0.2) is 18.9 Å². The van der Waals surface area contributed by atoms with Crippen LogP contribution in [0.2, 0.25) is 0 Å². The number of carbonyl (C=O) groups excluding carboxylic acids is 5. The molecule has 52 heavy (non-hydrogen) atoms. The number of allylic oxidation sites excluding steroid dienone is 3. The first-order valence-electron chi connectivity index (χ1n) is 15.5. The van der Waals surface area contributed by atoms with E-state index in [1.165, 1.54) is 25.3 Å². The SMILES string of the molecule is CC(C)(C)OC(=O)Nc1nc(/C(=N/OC(C)(C)C(=O)OC(C)(C)C)C(=O)C[C@@H]2C(=O)N(S(=O)(=O)O)[C@@H]2CN=CC(=NN)C2=CC(=O)C(O)=CC2)cs1. The number of nitrogens with two attached hydrogens (primary N) is 1. The fourth-order valence-electron chi connectivity index (χ4n) is 4.47. The molecule has 21 heteroatoms. The number of aliphatic hydroxyl groups is 1. The number of aliphatic hydroxyl groups excluding tert-OH is 1. The van der Waals surface area contributed by atoms with Gasteiger partial charge in [-0.2, -0.15) is 13.5 Å². The van der Waals surface area contributed by atoms with Gasteiger partial charge in [0.1, 0.15) is 22.6 Å². The highest BCUT2D eigenvalue weighted by atomic mass is 32.2. The zero-order valence-corrected chi connectivity index (χ0v) is 31.3. The number of nitrogens with one attached hydrogen (secondary N) is 1. The van der Waals surface area contributed by atoms with Crippen molar-refractivity contribution in [3.8, 4) is 0 Å². The van der Waals surface area contributed by atoms with Gasteiger partial charge >= 0.3 is 22.4 Å². The van der Waals surface area contributed by atoms with Crippen LogP contribution < -0.4 is 11.2 Å². The number of oxime groups is 1. The van der Waals surface area contributed by atoms with E-state index in [0.29, 0.717) is 0 Å². The Morgan fingerprint density at radius 1 is 1.12 bits per heavy atom. The molecule has 19 nitrogen and oxygen atoms in total. The van der Waals surface area contributed by atoms with Crippen molar-refractivity contribution in [2.24, 2.45) is 27.0 Å². The van der Waals surface area contributed by atoms with Gasteiger partial charge in [0.05, 0.1) is 18.5 Å². The first kappa shape index (κ1) is 41.4. The number of amides is 2. The molecular weight excluding hydrogens is 727 g/mol. The second-order valence-corrected chi connectivity index (χ2v) is 16.1. The van der Waals surface area contributed by atoms with Crippen LogP contribution in [0.1, 0.15) is 73.9 Å². The molecule has 1 saturated heterocycles. The van der Waals surface area contributed by atoms with E-state index in [2.05, 4.69) is 25.6 Å². The average Bonchev–Trinajstić information content (AvgIpc) is 3.44. The summed E-state index contributed by atoms with van der Waals surface area (Å²) < 4.78 is 44.7. The molecule has 1 aliphatic carbocycles. The minimum Gasteiger partial charge on any atom is -0.504 e. The van der Waals surface area contributed by atoms with Gasteiger partial charge in [0.15, 0.2) is 22.4 Å². The normalized spacial score (nSPS) is 19.1. The van der Waals surface area contributed by atoms with Gasteiger partial charge in [-0.1, -0.05) is 5.16 Å². The van der Waals surface area contributed by atoms with Gasteiger partial charge in [0, 0.05) is 18.0 Å². The molecule has 0 bridgehead atoms. The van der Waals surface area contributed by atoms with Crippen LogP contribution in [0, 0.1) is 5.92 Å². The van der Waals surface area contributed by atoms with Crippen LogP contribution in [-0.2, 0) is 43.8 Å². The number of rotatable bonds is 13. The molecule has 5 N–H and O–H groups in total. The van der Waals surface area contributed by atoms with Gasteiger partial charge in [-0.3, -0.25) is 29.2 Å². The lowest BCUT2D eigenvalue weighted by Gasteiger charge is -2.43. The molecular formula is C31H41N7O12S2. The highest BCUT2D eigenvalue weighted by molar-refractivity contribution is 7.84. The van der Waals surface area contributed by atoms with Crippen LogP contribution in [0.25, 0.3) is 0 Å². The number of Topliss-reactive ketones (excluding diaryl/α,β-unsaturated/α-hetero) is 1. The van der Waals surface area contributed by atoms with Gasteiger partial charge in [0.2, 0.25) is 17.3 Å². The number of esters is 1. The summed E-state index contributed by atoms with van der Waals surface area (Å²) in [6.07, 6.45) is 1.99. The van der Waals surface area contributed by atoms with Crippen molar-refractivity contribution >= 4 is 73.9 Å². The van der Waals surface area contributed by atoms with Crippen molar-refractivity contribution in [3.05, 3.63) is 34.6 Å². The summed E-state index contributed by atoms with van der Waals surface area (Å²) in [5.41, 5.74) is -3.77. The van der Waals surface area contributed by atoms with Crippen LogP contribution in [0.4, 0.5) is 9.93 Å². The number of hydrazone groups is 1. The van der Waals surface area contributed by atoms with Crippen LogP contribution >= 0.6 is 11.3 Å². The quantitative estimate of drug-likeness (QED) is 0.0561. The molecule has 0 spiro atoms. The summed E-state index contributed by atoms with van der Waals surface area (Å²) in [5, 5.41) is 20.8. The average molecular weight is 768 g/mol. The Balaban J connectivity index is 1.92. The number of anilines is 1. The highest BCUT2D eigenvalue weighted by Crippen LogP contribution is 2.33. The van der Waals surface area contributed by atoms with Crippen LogP contribution in [0.5, 0.6) is 0 Å². The molecule has 2 aliphatic rings. The second kappa shape index (κ2) is 15.7. The van der Waals surface area contributed by atoms with Gasteiger partial charge in [-0.15, -0.1) is 11.3 Å². The summed E-state index contributed by atoms with van der Waals surface area (Å²) in [5.74, 6) is 0.0905. The van der Waals surface area contributed by atoms with Crippen molar-refractivity contribution in [1.29, 1.82) is 0 Å². The Bertz CT molecular complexity index is 1880. The van der Waals surface area contributed by atoms with E-state index >= 15 is 0 Å². The van der Waals surface area contributed by atoms with Crippen molar-refractivity contribution in [2.45, 2.75) is 91.1 Å². The lowest BCUT2D eigenvalue weighted by atomic mass is 9.84. The number of hydrogen-bond acceptors (Lipinski definition) is 17. The minimum absolute atomic E-state index is 0.00140. The van der Waals surface area contributed by atoms with E-state index in [1.807, 2.05) is 0 Å². The zero-order chi connectivity index (χ0) is 39.4. The summed E-state index contributed by atoms with van der Waals surface area (Å²) in [7, 11) is -5.09. The van der Waals surface area contributed by atoms with Crippen molar-refractivity contribution in [3.63, 3.8) is 0 Å². The molecule has 1 aromatic rings. The van der Waals surface area contributed by atoms with Crippen molar-refractivity contribution in [1.82, 2.24) is 9.29 Å². The Labute approximate surface area is 303 Å². The molecule has 2 amide bonds. The fraction of sp³-hybridized carbons (Fsp3) is 0.516. The van der Waals surface area contributed by atoms with Gasteiger partial charge in [-0.05, 0) is 79.5 Å². The van der Waals surface area contributed by atoms with Crippen LogP contribution in [0.15, 0.2) is 44.1 Å². The van der Waals surface area contributed by atoms with E-state index in [0.717, 1.165) is 23.6 Å². The topological polar surface area (TPSA) is 279 Å². The molecule has 1 aliphatic heterocycles. The Kier molecular flexibility index (Phi) is 12.5. The molecule has 0 unspecified atom stereocenters. The third-order valence-electron chi connectivity index (χ3n) is 6.88. The third-order valence-corrected chi connectivity index (χ3v) is 8.58. The number of ketones is 2. The molecule has 2 atom stereocenters. The number of β-lactam (4-membered cyclic amide) rings is 1. The lowest BCUT2D eigenvalue weighted by Crippen LogP contribution is -2.64. The van der Waals surface area contributed by atoms with Crippen LogP contribution in [-0.4, -0.2) is 104 Å². The van der Waals surface area contributed by atoms with E-state index in [4.69, 9.17) is 20.2 Å². The van der Waals surface area contributed by atoms with Crippen LogP contribution in [0.3, 0.4) is 0 Å². The summed E-state index contributed by atoms with van der Waals surface area (Å²) in [6.45, 7) is 12.1. The maximum absolute atomic E-state index is 13.8. The summed E-state index contributed by atoms with van der Waals surface area (Å²) in [6, 6.07) is -1.37. The third kappa shape index (κ3) is 11.0. The smallest absolute Gasteiger partial charge is 0.413 e. The monoisotopic (exact) mass is 767 g/mol. The standard InChI is InChI=1S/C31H41N7O12S2/c1-29(2,3)48-26(43)31(7,8)50-37-24(19-15-51-27(34-19)35-28(44)49-30(4,5)6)23(41)12-17-20(38(25(17)42)52(45,46)47)14-33-13-18(36-32)16-9-10-21(39)22(40)11-16/h10-11,13,15,17,20,39H,9,12,14,32H2,1-8H3,(H,34,35,44)(H,45,46,47)/b33-13?,36-18?,37-24-/t17-,20+/m0/s1. The predicted octanol–water partition coefficient (Wildman–Crippen LogP) is 2.65. The maximum Gasteiger partial charge on any atom is 0.413 e. The lowest BCUT2D eigenvalue weighted by molar-refractivity contribution is -0.179. The number of aromatic nitrogens is 1. The molecule has 0 saturated carbocycles. The molecule has 284 valence electrons. The summed E-state index contributed by atoms with van der Waals surface area (Å²) >= 11 is 0.894. The molecule has 3 rings (SSSR count). The van der Waals surface area contributed by atoms with Gasteiger partial charge in [0.25, 0.3) is 0 Å². The van der Waals surface area contributed by atoms with Gasteiger partial charge < -0.3 is 25.3 Å². The zero-order valence-electron chi connectivity index (χ0n) is 29.7. The Hall–Kier alpha value is -5.02. The molecule has 2 heterocycles.